The lowest BCUT2D eigenvalue weighted by Crippen LogP contribution is -2.49. The van der Waals surface area contributed by atoms with Crippen molar-refractivity contribution < 1.29 is 18.7 Å². The second-order valence-electron chi connectivity index (χ2n) is 11.3. The normalized spacial score (nSPS) is 13.7. The molecule has 1 aliphatic rings. The summed E-state index contributed by atoms with van der Waals surface area (Å²) in [6.45, 7) is 12.8. The highest BCUT2D eigenvalue weighted by molar-refractivity contribution is 6.30. The molecule has 0 bridgehead atoms. The lowest BCUT2D eigenvalue weighted by Gasteiger charge is -2.35. The highest BCUT2D eigenvalue weighted by Gasteiger charge is 2.27. The Kier molecular flexibility index (Phi) is 8.23. The van der Waals surface area contributed by atoms with Crippen molar-refractivity contribution in [3.05, 3.63) is 75.4 Å². The summed E-state index contributed by atoms with van der Waals surface area (Å²) < 4.78 is 21.3. The Labute approximate surface area is 250 Å². The number of aryl methyl sites for hydroxylation is 3. The van der Waals surface area contributed by atoms with Gasteiger partial charge in [-0.15, -0.1) is 0 Å². The van der Waals surface area contributed by atoms with Crippen LogP contribution in [0.1, 0.15) is 51.5 Å². The molecule has 220 valence electrons. The first kappa shape index (κ1) is 29.5. The summed E-state index contributed by atoms with van der Waals surface area (Å²) in [6.07, 6.45) is 1.99. The van der Waals surface area contributed by atoms with Crippen molar-refractivity contribution in [1.82, 2.24) is 19.4 Å². The fraction of sp³-hybridized carbons (Fsp3) is 0.375. The van der Waals surface area contributed by atoms with Crippen LogP contribution >= 0.6 is 11.6 Å². The molecule has 8 nitrogen and oxygen atoms in total. The lowest BCUT2D eigenvalue weighted by molar-refractivity contribution is 0.0598. The van der Waals surface area contributed by atoms with Crippen LogP contribution in [0.15, 0.2) is 36.5 Å². The Balaban J connectivity index is 1.41. The minimum absolute atomic E-state index is 0.0757. The number of piperazine rings is 1. The molecule has 0 unspecified atom stereocenters. The Morgan fingerprint density at radius 3 is 2.36 bits per heavy atom. The average molecular weight is 592 g/mol. The molecule has 0 N–H and O–H groups in total. The number of rotatable bonds is 6. The third-order valence-corrected chi connectivity index (χ3v) is 8.01. The van der Waals surface area contributed by atoms with Gasteiger partial charge in [0.2, 0.25) is 0 Å². The van der Waals surface area contributed by atoms with Crippen molar-refractivity contribution in [2.45, 2.75) is 41.2 Å². The van der Waals surface area contributed by atoms with Gasteiger partial charge in [-0.3, -0.25) is 4.79 Å². The minimum atomic E-state index is -0.476. The molecule has 0 spiro atoms. The number of aromatic nitrogens is 3. The summed E-state index contributed by atoms with van der Waals surface area (Å²) >= 11 is 5.94. The SMILES string of the molecule is COC(=O)c1c(C)cc(N2CCN(C(=O)c3cc(C)c4c(-c5ccc(Cl)c(F)c5)cn(CC(C)C)c4n3)CC2)nc1C. The highest BCUT2D eigenvalue weighted by Crippen LogP contribution is 2.35. The van der Waals surface area contributed by atoms with Crippen LogP contribution in [-0.2, 0) is 11.3 Å². The van der Waals surface area contributed by atoms with Gasteiger partial charge in [0.25, 0.3) is 5.91 Å². The molecule has 5 rings (SSSR count). The van der Waals surface area contributed by atoms with E-state index in [-0.39, 0.29) is 10.9 Å². The van der Waals surface area contributed by atoms with Gasteiger partial charge in [0, 0.05) is 49.9 Å². The number of hydrogen-bond acceptors (Lipinski definition) is 6. The topological polar surface area (TPSA) is 80.6 Å². The van der Waals surface area contributed by atoms with E-state index in [1.54, 1.807) is 19.1 Å². The smallest absolute Gasteiger partial charge is 0.339 e. The van der Waals surface area contributed by atoms with Crippen molar-refractivity contribution in [2.75, 3.05) is 38.2 Å². The number of benzene rings is 1. The Morgan fingerprint density at radius 1 is 1.02 bits per heavy atom. The second-order valence-corrected chi connectivity index (χ2v) is 11.7. The zero-order chi connectivity index (χ0) is 30.3. The Morgan fingerprint density at radius 2 is 1.74 bits per heavy atom. The quantitative estimate of drug-likeness (QED) is 0.248. The Bertz CT molecular complexity index is 1670. The van der Waals surface area contributed by atoms with Crippen LogP contribution in [0.5, 0.6) is 0 Å². The number of esters is 1. The van der Waals surface area contributed by atoms with Crippen molar-refractivity contribution in [3.63, 3.8) is 0 Å². The summed E-state index contributed by atoms with van der Waals surface area (Å²) in [5.41, 5.74) is 5.47. The minimum Gasteiger partial charge on any atom is -0.465 e. The highest BCUT2D eigenvalue weighted by atomic mass is 35.5. The molecular formula is C32H35ClFN5O3. The van der Waals surface area contributed by atoms with Crippen molar-refractivity contribution >= 4 is 40.3 Å². The molecule has 42 heavy (non-hydrogen) atoms. The summed E-state index contributed by atoms with van der Waals surface area (Å²) in [5.74, 6) is 0.115. The summed E-state index contributed by atoms with van der Waals surface area (Å²) in [6, 6.07) is 8.52. The zero-order valence-electron chi connectivity index (χ0n) is 24.8. The molecular weight excluding hydrogens is 557 g/mol. The van der Waals surface area contributed by atoms with Gasteiger partial charge < -0.3 is 19.1 Å². The fourth-order valence-electron chi connectivity index (χ4n) is 5.69. The standard InChI is InChI=1S/C32H35ClFN5O3/c1-18(2)16-39-17-23(22-7-8-24(33)25(34)15-22)29-19(3)13-26(36-30(29)39)31(40)38-11-9-37(10-12-38)27-14-20(4)28(21(5)35-27)32(41)42-6/h7-8,13-15,17-18H,9-12,16H2,1-6H3. The van der Waals surface area contributed by atoms with E-state index in [9.17, 15) is 14.0 Å². The van der Waals surface area contributed by atoms with Gasteiger partial charge in [-0.25, -0.2) is 19.2 Å². The van der Waals surface area contributed by atoms with E-state index < -0.39 is 11.8 Å². The number of anilines is 1. The summed E-state index contributed by atoms with van der Waals surface area (Å²) in [7, 11) is 1.36. The average Bonchev–Trinajstić information content (AvgIpc) is 3.31. The number of carbonyl (C=O) groups is 2. The van der Waals surface area contributed by atoms with E-state index >= 15 is 0 Å². The van der Waals surface area contributed by atoms with E-state index in [1.807, 2.05) is 37.1 Å². The van der Waals surface area contributed by atoms with Crippen molar-refractivity contribution in [1.29, 1.82) is 0 Å². The maximum absolute atomic E-state index is 14.4. The zero-order valence-corrected chi connectivity index (χ0v) is 25.5. The van der Waals surface area contributed by atoms with Crippen LogP contribution in [0.4, 0.5) is 10.2 Å². The van der Waals surface area contributed by atoms with Crippen LogP contribution in [0.3, 0.4) is 0 Å². The largest absolute Gasteiger partial charge is 0.465 e. The fourth-order valence-corrected chi connectivity index (χ4v) is 5.80. The van der Waals surface area contributed by atoms with Crippen molar-refractivity contribution in [3.8, 4) is 11.1 Å². The van der Waals surface area contributed by atoms with E-state index in [1.165, 1.54) is 13.2 Å². The van der Waals surface area contributed by atoms with Gasteiger partial charge in [0.05, 0.1) is 23.4 Å². The van der Waals surface area contributed by atoms with Crippen LogP contribution in [0, 0.1) is 32.5 Å². The molecule has 0 radical (unpaired) electrons. The number of pyridine rings is 2. The maximum Gasteiger partial charge on any atom is 0.339 e. The van der Waals surface area contributed by atoms with Gasteiger partial charge in [-0.2, -0.15) is 0 Å². The van der Waals surface area contributed by atoms with E-state index in [0.29, 0.717) is 66.8 Å². The number of ether oxygens (including phenoxy) is 1. The number of amides is 1. The number of halogens is 2. The van der Waals surface area contributed by atoms with E-state index in [0.717, 1.165) is 27.9 Å². The molecule has 1 amide bonds. The molecule has 4 aromatic rings. The molecule has 1 aliphatic heterocycles. The third-order valence-electron chi connectivity index (χ3n) is 7.70. The lowest BCUT2D eigenvalue weighted by atomic mass is 10.0. The molecule has 10 heteroatoms. The van der Waals surface area contributed by atoms with E-state index in [2.05, 4.69) is 28.3 Å². The first-order valence-electron chi connectivity index (χ1n) is 14.0. The predicted octanol–water partition coefficient (Wildman–Crippen LogP) is 6.22. The molecule has 4 heterocycles. The van der Waals surface area contributed by atoms with Gasteiger partial charge >= 0.3 is 5.97 Å². The summed E-state index contributed by atoms with van der Waals surface area (Å²) in [5, 5.41) is 0.970. The second kappa shape index (κ2) is 11.7. The molecule has 1 aromatic carbocycles. The molecule has 3 aromatic heterocycles. The van der Waals surface area contributed by atoms with E-state index in [4.69, 9.17) is 21.3 Å². The molecule has 0 atom stereocenters. The van der Waals surface area contributed by atoms with Crippen LogP contribution in [0.2, 0.25) is 5.02 Å². The summed E-state index contributed by atoms with van der Waals surface area (Å²) in [4.78, 5) is 39.3. The number of methoxy groups -OCH3 is 1. The predicted molar refractivity (Wildman–Crippen MR) is 163 cm³/mol. The first-order valence-corrected chi connectivity index (χ1v) is 14.4. The third kappa shape index (κ3) is 5.57. The molecule has 1 fully saturated rings. The monoisotopic (exact) mass is 591 g/mol. The molecule has 0 aliphatic carbocycles. The Hall–Kier alpha value is -3.98. The van der Waals surface area contributed by atoms with Crippen molar-refractivity contribution in [2.24, 2.45) is 5.92 Å². The van der Waals surface area contributed by atoms with Crippen LogP contribution in [0.25, 0.3) is 22.2 Å². The molecule has 0 saturated carbocycles. The van der Waals surface area contributed by atoms with Crippen LogP contribution < -0.4 is 4.90 Å². The number of carbonyl (C=O) groups excluding carboxylic acids is 2. The first-order chi connectivity index (χ1) is 20.0. The number of hydrogen-bond donors (Lipinski definition) is 0. The van der Waals surface area contributed by atoms with Gasteiger partial charge in [-0.1, -0.05) is 31.5 Å². The van der Waals surface area contributed by atoms with Gasteiger partial charge in [0.1, 0.15) is 23.0 Å². The van der Waals surface area contributed by atoms with Gasteiger partial charge in [-0.05, 0) is 67.6 Å². The maximum atomic E-state index is 14.4. The van der Waals surface area contributed by atoms with Crippen LogP contribution in [-0.4, -0.2) is 64.6 Å². The van der Waals surface area contributed by atoms with Gasteiger partial charge in [0.15, 0.2) is 0 Å². The molecule has 1 saturated heterocycles. The number of fused-ring (bicyclic) bond motifs is 1. The number of nitrogens with zero attached hydrogens (tertiary/aromatic N) is 5.